The Labute approximate surface area is 120 Å². The maximum absolute atomic E-state index is 10.9. The molecule has 20 heavy (non-hydrogen) atoms. The molecule has 0 aliphatic carbocycles. The van der Waals surface area contributed by atoms with Gasteiger partial charge in [-0.1, -0.05) is 23.7 Å². The van der Waals surface area contributed by atoms with Crippen molar-refractivity contribution in [1.82, 2.24) is 0 Å². The summed E-state index contributed by atoms with van der Waals surface area (Å²) >= 11 is 5.74. The fourth-order valence-corrected chi connectivity index (χ4v) is 1.84. The van der Waals surface area contributed by atoms with Crippen LogP contribution in [0.4, 0.5) is 5.69 Å². The fraction of sp³-hybridized carbons (Fsp3) is 0.0714. The molecule has 0 bridgehead atoms. The van der Waals surface area contributed by atoms with E-state index in [0.717, 1.165) is 0 Å². The highest BCUT2D eigenvalue weighted by molar-refractivity contribution is 6.30. The normalized spacial score (nSPS) is 9.80. The first-order valence-electron chi connectivity index (χ1n) is 5.66. The van der Waals surface area contributed by atoms with E-state index in [1.165, 1.54) is 12.1 Å². The minimum Gasteiger partial charge on any atom is -0.487 e. The summed E-state index contributed by atoms with van der Waals surface area (Å²) in [7, 11) is 0. The van der Waals surface area contributed by atoms with Crippen molar-refractivity contribution in [2.24, 2.45) is 0 Å². The minimum atomic E-state index is -0.513. The molecule has 0 amide bonds. The summed E-state index contributed by atoms with van der Waals surface area (Å²) in [6, 6.07) is 13.1. The molecule has 0 aliphatic heterocycles. The molecule has 0 spiro atoms. The van der Waals surface area contributed by atoms with Gasteiger partial charge in [0, 0.05) is 11.1 Å². The molecule has 0 saturated heterocycles. The number of nitrogens with zero attached hydrogens (tertiary/aromatic N) is 2. The standard InChI is InChI=1S/C14H9ClN2O3/c15-12-6-5-11(13(7-12)17(18)19)9-20-14-4-2-1-3-10(14)8-16/h1-7H,9H2. The Kier molecular flexibility index (Phi) is 4.18. The number of hydrogen-bond acceptors (Lipinski definition) is 4. The molecule has 0 fully saturated rings. The summed E-state index contributed by atoms with van der Waals surface area (Å²) in [5.41, 5.74) is 0.670. The summed E-state index contributed by atoms with van der Waals surface area (Å²) < 4.78 is 5.47. The van der Waals surface area contributed by atoms with E-state index in [9.17, 15) is 10.1 Å². The first-order chi connectivity index (χ1) is 9.61. The second kappa shape index (κ2) is 6.04. The van der Waals surface area contributed by atoms with E-state index in [0.29, 0.717) is 16.9 Å². The van der Waals surface area contributed by atoms with Crippen LogP contribution in [-0.2, 0) is 6.61 Å². The highest BCUT2D eigenvalue weighted by Gasteiger charge is 2.15. The Bertz CT molecular complexity index is 695. The van der Waals surface area contributed by atoms with Crippen LogP contribution in [0.15, 0.2) is 42.5 Å². The van der Waals surface area contributed by atoms with E-state index in [4.69, 9.17) is 21.6 Å². The van der Waals surface area contributed by atoms with Crippen LogP contribution in [0.1, 0.15) is 11.1 Å². The van der Waals surface area contributed by atoms with E-state index in [-0.39, 0.29) is 17.3 Å². The molecule has 0 radical (unpaired) electrons. The second-order valence-electron chi connectivity index (χ2n) is 3.93. The largest absolute Gasteiger partial charge is 0.487 e. The number of nitro groups is 1. The van der Waals surface area contributed by atoms with E-state index in [1.807, 2.05) is 6.07 Å². The highest BCUT2D eigenvalue weighted by atomic mass is 35.5. The van der Waals surface area contributed by atoms with Crippen LogP contribution in [-0.4, -0.2) is 4.92 Å². The predicted octanol–water partition coefficient (Wildman–Crippen LogP) is 3.70. The Morgan fingerprint density at radius 2 is 2.05 bits per heavy atom. The number of para-hydroxylation sites is 1. The number of ether oxygens (including phenoxy) is 1. The number of rotatable bonds is 4. The topological polar surface area (TPSA) is 76.2 Å². The fourth-order valence-electron chi connectivity index (χ4n) is 1.67. The van der Waals surface area contributed by atoms with Crippen molar-refractivity contribution in [2.45, 2.75) is 6.61 Å². The summed E-state index contributed by atoms with van der Waals surface area (Å²) in [4.78, 5) is 10.4. The first-order valence-corrected chi connectivity index (χ1v) is 6.04. The molecule has 6 heteroatoms. The van der Waals surface area contributed by atoms with Crippen molar-refractivity contribution in [3.05, 3.63) is 68.7 Å². The average molecular weight is 289 g/mol. The van der Waals surface area contributed by atoms with E-state index in [1.54, 1.807) is 30.3 Å². The molecule has 0 N–H and O–H groups in total. The molecule has 0 heterocycles. The van der Waals surface area contributed by atoms with Crippen LogP contribution in [0.3, 0.4) is 0 Å². The van der Waals surface area contributed by atoms with Gasteiger partial charge in [-0.25, -0.2) is 0 Å². The summed E-state index contributed by atoms with van der Waals surface area (Å²) in [5.74, 6) is 0.388. The number of benzene rings is 2. The van der Waals surface area contributed by atoms with Crippen molar-refractivity contribution in [1.29, 1.82) is 5.26 Å². The van der Waals surface area contributed by atoms with Gasteiger partial charge in [-0.05, 0) is 24.3 Å². The summed E-state index contributed by atoms with van der Waals surface area (Å²) in [6.07, 6.45) is 0. The molecular weight excluding hydrogens is 280 g/mol. The number of hydrogen-bond donors (Lipinski definition) is 0. The van der Waals surface area contributed by atoms with Crippen molar-refractivity contribution in [2.75, 3.05) is 0 Å². The van der Waals surface area contributed by atoms with Crippen molar-refractivity contribution >= 4 is 17.3 Å². The zero-order chi connectivity index (χ0) is 14.5. The van der Waals surface area contributed by atoms with E-state index >= 15 is 0 Å². The third-order valence-corrected chi connectivity index (χ3v) is 2.87. The van der Waals surface area contributed by atoms with Crippen LogP contribution in [0, 0.1) is 21.4 Å². The van der Waals surface area contributed by atoms with Crippen molar-refractivity contribution in [3.8, 4) is 11.8 Å². The van der Waals surface area contributed by atoms with Gasteiger partial charge in [0.2, 0.25) is 0 Å². The second-order valence-corrected chi connectivity index (χ2v) is 4.36. The molecule has 2 aromatic carbocycles. The van der Waals surface area contributed by atoms with E-state index < -0.39 is 4.92 Å². The van der Waals surface area contributed by atoms with Gasteiger partial charge in [-0.2, -0.15) is 5.26 Å². The zero-order valence-electron chi connectivity index (χ0n) is 10.2. The van der Waals surface area contributed by atoms with Gasteiger partial charge in [0.15, 0.2) is 0 Å². The molecule has 0 unspecified atom stereocenters. The van der Waals surface area contributed by atoms with Gasteiger partial charge in [-0.15, -0.1) is 0 Å². The number of nitriles is 1. The van der Waals surface area contributed by atoms with Crippen LogP contribution in [0.25, 0.3) is 0 Å². The summed E-state index contributed by atoms with van der Waals surface area (Å²) in [6.45, 7) is -0.00776. The first kappa shape index (κ1) is 13.8. The molecule has 0 aliphatic rings. The third kappa shape index (κ3) is 3.05. The quantitative estimate of drug-likeness (QED) is 0.635. The molecule has 0 aromatic heterocycles. The Morgan fingerprint density at radius 1 is 1.30 bits per heavy atom. The van der Waals surface area contributed by atoms with Crippen molar-refractivity contribution < 1.29 is 9.66 Å². The van der Waals surface area contributed by atoms with Gasteiger partial charge in [0.25, 0.3) is 5.69 Å². The van der Waals surface area contributed by atoms with Gasteiger partial charge >= 0.3 is 0 Å². The Hall–Kier alpha value is -2.58. The van der Waals surface area contributed by atoms with Gasteiger partial charge in [0.05, 0.1) is 16.1 Å². The van der Waals surface area contributed by atoms with Crippen LogP contribution < -0.4 is 4.74 Å². The smallest absolute Gasteiger partial charge is 0.277 e. The van der Waals surface area contributed by atoms with E-state index in [2.05, 4.69) is 0 Å². The summed E-state index contributed by atoms with van der Waals surface area (Å²) in [5, 5.41) is 20.2. The lowest BCUT2D eigenvalue weighted by atomic mass is 10.2. The predicted molar refractivity (Wildman–Crippen MR) is 73.6 cm³/mol. The lowest BCUT2D eigenvalue weighted by Gasteiger charge is -2.08. The molecular formula is C14H9ClN2O3. The Morgan fingerprint density at radius 3 is 2.75 bits per heavy atom. The molecule has 2 rings (SSSR count). The molecule has 0 atom stereocenters. The van der Waals surface area contributed by atoms with Gasteiger partial charge in [0.1, 0.15) is 18.4 Å². The van der Waals surface area contributed by atoms with Gasteiger partial charge < -0.3 is 4.74 Å². The van der Waals surface area contributed by atoms with Crippen LogP contribution in [0.5, 0.6) is 5.75 Å². The maximum atomic E-state index is 10.9. The minimum absolute atomic E-state index is 0.00776. The zero-order valence-corrected chi connectivity index (χ0v) is 11.0. The monoisotopic (exact) mass is 288 g/mol. The number of halogens is 1. The average Bonchev–Trinajstić information content (AvgIpc) is 2.46. The SMILES string of the molecule is N#Cc1ccccc1OCc1ccc(Cl)cc1[N+](=O)[O-]. The van der Waals surface area contributed by atoms with Crippen LogP contribution in [0.2, 0.25) is 5.02 Å². The molecule has 5 nitrogen and oxygen atoms in total. The van der Waals surface area contributed by atoms with Crippen LogP contribution >= 0.6 is 11.6 Å². The molecule has 2 aromatic rings. The third-order valence-electron chi connectivity index (χ3n) is 2.63. The lowest BCUT2D eigenvalue weighted by Crippen LogP contribution is -2.01. The lowest BCUT2D eigenvalue weighted by molar-refractivity contribution is -0.385. The molecule has 100 valence electrons. The number of nitro benzene ring substituents is 1. The van der Waals surface area contributed by atoms with Gasteiger partial charge in [-0.3, -0.25) is 10.1 Å². The van der Waals surface area contributed by atoms with Crippen molar-refractivity contribution in [3.63, 3.8) is 0 Å². The molecule has 0 saturated carbocycles. The highest BCUT2D eigenvalue weighted by Crippen LogP contribution is 2.25. The Balaban J connectivity index is 2.24. The maximum Gasteiger partial charge on any atom is 0.277 e.